The molecule has 0 aliphatic carbocycles. The van der Waals surface area contributed by atoms with Crippen molar-refractivity contribution in [2.24, 2.45) is 5.73 Å². The van der Waals surface area contributed by atoms with Crippen molar-refractivity contribution in [3.8, 4) is 0 Å². The minimum atomic E-state index is 0.149. The van der Waals surface area contributed by atoms with E-state index in [0.29, 0.717) is 12.1 Å². The molecular weight excluding hydrogens is 328 g/mol. The van der Waals surface area contributed by atoms with Gasteiger partial charge in [0, 0.05) is 40.9 Å². The monoisotopic (exact) mass is 350 g/mol. The Morgan fingerprint density at radius 3 is 2.90 bits per heavy atom. The van der Waals surface area contributed by atoms with E-state index in [1.54, 1.807) is 0 Å². The molecule has 2 unspecified atom stereocenters. The van der Waals surface area contributed by atoms with Gasteiger partial charge in [-0.3, -0.25) is 10.3 Å². The summed E-state index contributed by atoms with van der Waals surface area (Å²) in [4.78, 5) is 5.07. The van der Waals surface area contributed by atoms with Gasteiger partial charge in [-0.15, -0.1) is 0 Å². The summed E-state index contributed by atoms with van der Waals surface area (Å²) in [6, 6.07) is 7.11. The number of piperazine rings is 1. The van der Waals surface area contributed by atoms with Gasteiger partial charge in [-0.2, -0.15) is 0 Å². The molecule has 0 bridgehead atoms. The Morgan fingerprint density at radius 2 is 2.14 bits per heavy atom. The lowest BCUT2D eigenvalue weighted by Gasteiger charge is -2.48. The number of nitrogen functional groups attached to an aromatic ring is 1. The van der Waals surface area contributed by atoms with Crippen LogP contribution in [0.5, 0.6) is 0 Å². The molecule has 0 aromatic heterocycles. The van der Waals surface area contributed by atoms with Crippen LogP contribution in [0.25, 0.3) is 0 Å². The highest BCUT2D eigenvalue weighted by molar-refractivity contribution is 9.10. The van der Waals surface area contributed by atoms with Gasteiger partial charge in [0.25, 0.3) is 0 Å². The predicted octanol–water partition coefficient (Wildman–Crippen LogP) is 2.80. The first-order chi connectivity index (χ1) is 10.1. The highest BCUT2D eigenvalue weighted by atomic mass is 79.9. The average Bonchev–Trinajstić information content (AvgIpc) is 2.46. The number of rotatable bonds is 2. The lowest BCUT2D eigenvalue weighted by molar-refractivity contribution is 0.115. The molecule has 0 radical (unpaired) electrons. The summed E-state index contributed by atoms with van der Waals surface area (Å²) >= 11 is 3.55. The third-order valence-corrected chi connectivity index (χ3v) is 5.24. The second-order valence-electron chi connectivity index (χ2n) is 6.22. The van der Waals surface area contributed by atoms with E-state index in [-0.39, 0.29) is 5.84 Å². The molecule has 3 N–H and O–H groups in total. The molecular formula is C16H23BrN4. The van der Waals surface area contributed by atoms with Crippen LogP contribution in [-0.4, -0.2) is 42.5 Å². The Morgan fingerprint density at radius 1 is 1.33 bits per heavy atom. The van der Waals surface area contributed by atoms with Gasteiger partial charge in [0.15, 0.2) is 0 Å². The second kappa shape index (κ2) is 5.97. The highest BCUT2D eigenvalue weighted by Gasteiger charge is 2.33. The predicted molar refractivity (Wildman–Crippen MR) is 91.2 cm³/mol. The molecule has 2 saturated heterocycles. The maximum absolute atomic E-state index is 7.84. The van der Waals surface area contributed by atoms with E-state index in [1.807, 2.05) is 12.1 Å². The molecule has 0 spiro atoms. The number of hydrogen-bond acceptors (Lipinski definition) is 3. The maximum atomic E-state index is 7.84. The van der Waals surface area contributed by atoms with Crippen LogP contribution in [-0.2, 0) is 0 Å². The molecule has 4 nitrogen and oxygen atoms in total. The molecule has 1 aromatic carbocycles. The van der Waals surface area contributed by atoms with E-state index in [1.165, 1.54) is 25.8 Å². The summed E-state index contributed by atoms with van der Waals surface area (Å²) < 4.78 is 1.04. The second-order valence-corrected chi connectivity index (χ2v) is 7.14. The number of nitrogens with one attached hydrogen (secondary N) is 1. The molecule has 114 valence electrons. The summed E-state index contributed by atoms with van der Waals surface area (Å²) in [5.74, 6) is 0.149. The van der Waals surface area contributed by atoms with Crippen LogP contribution in [0, 0.1) is 5.41 Å². The first-order valence-electron chi connectivity index (χ1n) is 7.71. The van der Waals surface area contributed by atoms with Crippen LogP contribution in [0.3, 0.4) is 0 Å². The number of hydrogen-bond donors (Lipinski definition) is 2. The van der Waals surface area contributed by atoms with Crippen molar-refractivity contribution in [2.45, 2.75) is 38.3 Å². The van der Waals surface area contributed by atoms with E-state index >= 15 is 0 Å². The molecule has 21 heavy (non-hydrogen) atoms. The topological polar surface area (TPSA) is 56.4 Å². The molecule has 0 amide bonds. The van der Waals surface area contributed by atoms with Crippen LogP contribution >= 0.6 is 15.9 Å². The van der Waals surface area contributed by atoms with Gasteiger partial charge in [0.05, 0.1) is 0 Å². The first-order valence-corrected chi connectivity index (χ1v) is 8.50. The summed E-state index contributed by atoms with van der Waals surface area (Å²) in [6.07, 6.45) is 3.95. The van der Waals surface area contributed by atoms with Crippen molar-refractivity contribution in [1.29, 1.82) is 5.41 Å². The van der Waals surface area contributed by atoms with E-state index in [0.717, 1.165) is 28.8 Å². The molecule has 1 aromatic rings. The Labute approximate surface area is 134 Å². The number of benzene rings is 1. The molecule has 2 aliphatic rings. The normalized spacial score (nSPS) is 26.5. The molecule has 0 saturated carbocycles. The van der Waals surface area contributed by atoms with Crippen molar-refractivity contribution in [3.05, 3.63) is 28.2 Å². The zero-order valence-electron chi connectivity index (χ0n) is 12.5. The zero-order chi connectivity index (χ0) is 15.0. The van der Waals surface area contributed by atoms with E-state index in [9.17, 15) is 0 Å². The highest BCUT2D eigenvalue weighted by Crippen LogP contribution is 2.32. The summed E-state index contributed by atoms with van der Waals surface area (Å²) in [6.45, 7) is 5.66. The zero-order valence-corrected chi connectivity index (χ0v) is 14.1. The summed E-state index contributed by atoms with van der Waals surface area (Å²) in [5, 5.41) is 7.84. The van der Waals surface area contributed by atoms with E-state index in [4.69, 9.17) is 11.1 Å². The van der Waals surface area contributed by atoms with Gasteiger partial charge in [-0.05, 0) is 44.5 Å². The maximum Gasteiger partial charge on any atom is 0.124 e. The van der Waals surface area contributed by atoms with Gasteiger partial charge in [0.2, 0.25) is 0 Å². The third-order valence-electron chi connectivity index (χ3n) is 4.75. The fourth-order valence-electron chi connectivity index (χ4n) is 3.66. The smallest absolute Gasteiger partial charge is 0.124 e. The first kappa shape index (κ1) is 14.9. The fourth-order valence-corrected chi connectivity index (χ4v) is 4.01. The van der Waals surface area contributed by atoms with Crippen molar-refractivity contribution in [3.63, 3.8) is 0 Å². The fraction of sp³-hybridized carbons (Fsp3) is 0.562. The SMILES string of the molecule is CC1CN2CCCCC2CN1c1cc(Br)ccc1C(=N)N. The number of amidine groups is 1. The summed E-state index contributed by atoms with van der Waals surface area (Å²) in [7, 11) is 0. The lowest BCUT2D eigenvalue weighted by Crippen LogP contribution is -2.59. The number of nitrogens with zero attached hydrogens (tertiary/aromatic N) is 2. The third kappa shape index (κ3) is 2.94. The number of halogens is 1. The lowest BCUT2D eigenvalue weighted by atomic mass is 9.96. The minimum Gasteiger partial charge on any atom is -0.384 e. The van der Waals surface area contributed by atoms with Crippen LogP contribution in [0.2, 0.25) is 0 Å². The molecule has 2 heterocycles. The van der Waals surface area contributed by atoms with Gasteiger partial charge < -0.3 is 10.6 Å². The largest absolute Gasteiger partial charge is 0.384 e. The Balaban J connectivity index is 1.92. The van der Waals surface area contributed by atoms with E-state index < -0.39 is 0 Å². The van der Waals surface area contributed by atoms with E-state index in [2.05, 4.69) is 38.7 Å². The number of anilines is 1. The molecule has 2 fully saturated rings. The van der Waals surface area contributed by atoms with Crippen molar-refractivity contribution in [2.75, 3.05) is 24.5 Å². The number of fused-ring (bicyclic) bond motifs is 1. The van der Waals surface area contributed by atoms with Crippen molar-refractivity contribution >= 4 is 27.5 Å². The van der Waals surface area contributed by atoms with Gasteiger partial charge in [-0.1, -0.05) is 22.4 Å². The number of nitrogens with two attached hydrogens (primary N) is 1. The quantitative estimate of drug-likeness (QED) is 0.636. The van der Waals surface area contributed by atoms with Gasteiger partial charge >= 0.3 is 0 Å². The molecule has 5 heteroatoms. The van der Waals surface area contributed by atoms with Crippen LogP contribution in [0.1, 0.15) is 31.7 Å². The van der Waals surface area contributed by atoms with Crippen molar-refractivity contribution in [1.82, 2.24) is 4.90 Å². The molecule has 2 atom stereocenters. The van der Waals surface area contributed by atoms with Crippen LogP contribution < -0.4 is 10.6 Å². The number of piperidine rings is 1. The van der Waals surface area contributed by atoms with Crippen molar-refractivity contribution < 1.29 is 0 Å². The minimum absolute atomic E-state index is 0.149. The Kier molecular flexibility index (Phi) is 4.22. The van der Waals surface area contributed by atoms with Crippen LogP contribution in [0.15, 0.2) is 22.7 Å². The average molecular weight is 351 g/mol. The van der Waals surface area contributed by atoms with Crippen LogP contribution in [0.4, 0.5) is 5.69 Å². The Bertz CT molecular complexity index is 545. The summed E-state index contributed by atoms with van der Waals surface area (Å²) in [5.41, 5.74) is 7.71. The molecule has 2 aliphatic heterocycles. The molecule has 3 rings (SSSR count). The van der Waals surface area contributed by atoms with Gasteiger partial charge in [0.1, 0.15) is 5.84 Å². The Hall–Kier alpha value is -1.07. The standard InChI is InChI=1S/C16H23BrN4/c1-11-9-20-7-3-2-4-13(20)10-21(11)15-8-12(17)5-6-14(15)16(18)19/h5-6,8,11,13H,2-4,7,9-10H2,1H3,(H3,18,19). The van der Waals surface area contributed by atoms with Gasteiger partial charge in [-0.25, -0.2) is 0 Å².